The Kier molecular flexibility index (Phi) is 35.4. The minimum absolute atomic E-state index is 0. The van der Waals surface area contributed by atoms with Gasteiger partial charge < -0.3 is 5.73 Å². The summed E-state index contributed by atoms with van der Waals surface area (Å²) in [6, 6.07) is 0. The number of hydrogen-bond acceptors (Lipinski definition) is 5. The van der Waals surface area contributed by atoms with Crippen molar-refractivity contribution in [1.82, 2.24) is 21.1 Å². The fraction of sp³-hybridized carbons (Fsp3) is 0.917. The summed E-state index contributed by atoms with van der Waals surface area (Å²) >= 11 is 0. The third-order valence-electron chi connectivity index (χ3n) is 5.99. The summed E-state index contributed by atoms with van der Waals surface area (Å²) in [5.74, 6) is 0. The van der Waals surface area contributed by atoms with Crippen LogP contribution in [0.2, 0.25) is 0 Å². The zero-order chi connectivity index (χ0) is 21.8. The van der Waals surface area contributed by atoms with Gasteiger partial charge in [-0.1, -0.05) is 90.2 Å². The van der Waals surface area contributed by atoms with E-state index in [9.17, 15) is 0 Å². The van der Waals surface area contributed by atoms with E-state index in [-0.39, 0.29) is 56.6 Å². The topological polar surface area (TPSA) is 56.6 Å². The molecule has 0 aromatic carbocycles. The van der Waals surface area contributed by atoms with Gasteiger partial charge in [0.1, 0.15) is 0 Å². The molecule has 0 aliphatic heterocycles. The van der Waals surface area contributed by atoms with Gasteiger partial charge in [0.05, 0.1) is 5.66 Å². The first-order valence-corrected chi connectivity index (χ1v) is 12.4. The molecule has 0 saturated heterocycles. The molecular weight excluding hydrogens is 598 g/mol. The molecule has 0 spiro atoms. The molecule has 198 valence electrons. The van der Waals surface area contributed by atoms with Gasteiger partial charge in [-0.2, -0.15) is 5.12 Å². The van der Waals surface area contributed by atoms with E-state index >= 15 is 0 Å². The van der Waals surface area contributed by atoms with Gasteiger partial charge in [-0.05, 0) is 38.5 Å². The lowest BCUT2D eigenvalue weighted by atomic mass is 9.98. The van der Waals surface area contributed by atoms with Crippen molar-refractivity contribution in [2.45, 2.75) is 122 Å². The molecule has 4 N–H and O–H groups in total. The SMILES string of the molecule is Br.Br.Br.CCCCCCCC/C=C\CCCCCCCCC(N)(CC)N(NC)N(C)NC. The second kappa shape index (κ2) is 28.2. The van der Waals surface area contributed by atoms with Crippen molar-refractivity contribution in [2.24, 2.45) is 5.73 Å². The number of nitrogens with two attached hydrogens (primary N) is 1. The maximum Gasteiger partial charge on any atom is 0.0989 e. The molecule has 0 aromatic heterocycles. The van der Waals surface area contributed by atoms with Gasteiger partial charge in [0, 0.05) is 21.1 Å². The first kappa shape index (κ1) is 40.2. The highest BCUT2D eigenvalue weighted by Gasteiger charge is 2.32. The number of hydrazine groups is 3. The van der Waals surface area contributed by atoms with Crippen LogP contribution >= 0.6 is 50.9 Å². The standard InChI is InChI=1S/C24H53N5.3BrH/c1-6-8-9-10-11-12-13-14-15-16-17-18-19-20-21-22-23-24(25,7-2)29(27-4)28(5)26-3;;;/h14-15,26-27H,6-13,16-23,25H2,1-5H3;3*1H/b15-14-;;;. The molecule has 0 fully saturated rings. The van der Waals surface area contributed by atoms with E-state index in [4.69, 9.17) is 5.73 Å². The number of hydrogen-bond donors (Lipinski definition) is 3. The van der Waals surface area contributed by atoms with Crippen LogP contribution < -0.4 is 16.6 Å². The van der Waals surface area contributed by atoms with Gasteiger partial charge in [-0.15, -0.1) is 56.1 Å². The van der Waals surface area contributed by atoms with Crippen LogP contribution in [-0.4, -0.2) is 37.0 Å². The van der Waals surface area contributed by atoms with E-state index in [2.05, 4.69) is 36.9 Å². The van der Waals surface area contributed by atoms with Gasteiger partial charge in [-0.25, -0.2) is 10.9 Å². The number of unbranched alkanes of at least 4 members (excludes halogenated alkanes) is 12. The van der Waals surface area contributed by atoms with E-state index in [0.29, 0.717) is 0 Å². The molecule has 0 rings (SSSR count). The first-order valence-electron chi connectivity index (χ1n) is 12.4. The first-order chi connectivity index (χ1) is 14.1. The van der Waals surface area contributed by atoms with Crippen LogP contribution in [0.15, 0.2) is 12.2 Å². The molecule has 0 aliphatic carbocycles. The molecule has 32 heavy (non-hydrogen) atoms. The molecule has 1 unspecified atom stereocenters. The Hall–Kier alpha value is 0.980. The van der Waals surface area contributed by atoms with Crippen molar-refractivity contribution in [3.63, 3.8) is 0 Å². The predicted molar refractivity (Wildman–Crippen MR) is 160 cm³/mol. The largest absolute Gasteiger partial charge is 0.311 e. The molecule has 0 amide bonds. The van der Waals surface area contributed by atoms with Crippen LogP contribution in [0.25, 0.3) is 0 Å². The number of halogens is 3. The average molecular weight is 654 g/mol. The molecule has 5 nitrogen and oxygen atoms in total. The maximum atomic E-state index is 6.66. The normalized spacial score (nSPS) is 13.0. The van der Waals surface area contributed by atoms with Crippen LogP contribution in [0.3, 0.4) is 0 Å². The molecule has 0 heterocycles. The zero-order valence-corrected chi connectivity index (χ0v) is 26.8. The Bertz CT molecular complexity index is 389. The van der Waals surface area contributed by atoms with Gasteiger partial charge in [0.2, 0.25) is 0 Å². The third kappa shape index (κ3) is 20.4. The van der Waals surface area contributed by atoms with Crippen LogP contribution in [0.1, 0.15) is 117 Å². The van der Waals surface area contributed by atoms with Crippen molar-refractivity contribution in [1.29, 1.82) is 0 Å². The maximum absolute atomic E-state index is 6.66. The highest BCUT2D eigenvalue weighted by molar-refractivity contribution is 8.93. The van der Waals surface area contributed by atoms with Crippen molar-refractivity contribution in [2.75, 3.05) is 21.1 Å². The zero-order valence-electron chi connectivity index (χ0n) is 21.7. The Morgan fingerprint density at radius 1 is 0.688 bits per heavy atom. The highest BCUT2D eigenvalue weighted by atomic mass is 79.9. The third-order valence-corrected chi connectivity index (χ3v) is 5.99. The molecule has 0 radical (unpaired) electrons. The second-order valence-corrected chi connectivity index (χ2v) is 8.43. The van der Waals surface area contributed by atoms with E-state index in [0.717, 1.165) is 12.8 Å². The van der Waals surface area contributed by atoms with Gasteiger partial charge >= 0.3 is 0 Å². The summed E-state index contributed by atoms with van der Waals surface area (Å²) in [5, 5.41) is 3.92. The van der Waals surface area contributed by atoms with Gasteiger partial charge in [0.25, 0.3) is 0 Å². The van der Waals surface area contributed by atoms with Crippen LogP contribution in [0.4, 0.5) is 0 Å². The Labute approximate surface area is 232 Å². The lowest BCUT2D eigenvalue weighted by molar-refractivity contribution is -0.159. The van der Waals surface area contributed by atoms with E-state index < -0.39 is 0 Å². The van der Waals surface area contributed by atoms with Crippen molar-refractivity contribution < 1.29 is 0 Å². The van der Waals surface area contributed by atoms with Crippen LogP contribution in [0.5, 0.6) is 0 Å². The number of nitrogens with zero attached hydrogens (tertiary/aromatic N) is 2. The lowest BCUT2D eigenvalue weighted by Crippen LogP contribution is -2.67. The smallest absolute Gasteiger partial charge is 0.0989 e. The minimum Gasteiger partial charge on any atom is -0.311 e. The van der Waals surface area contributed by atoms with E-state index in [1.54, 1.807) is 0 Å². The number of allylic oxidation sites excluding steroid dienone is 2. The summed E-state index contributed by atoms with van der Waals surface area (Å²) in [7, 11) is 5.81. The lowest BCUT2D eigenvalue weighted by Gasteiger charge is -2.44. The quantitative estimate of drug-likeness (QED) is 0.0515. The molecule has 0 aromatic rings. The Morgan fingerprint density at radius 3 is 1.53 bits per heavy atom. The molecule has 0 aliphatic rings. The average Bonchev–Trinajstić information content (AvgIpc) is 2.73. The monoisotopic (exact) mass is 651 g/mol. The summed E-state index contributed by atoms with van der Waals surface area (Å²) in [6.45, 7) is 4.44. The predicted octanol–water partition coefficient (Wildman–Crippen LogP) is 7.63. The molecule has 0 bridgehead atoms. The fourth-order valence-corrected chi connectivity index (χ4v) is 3.88. The minimum atomic E-state index is -0.354. The summed E-state index contributed by atoms with van der Waals surface area (Å²) in [5.41, 5.74) is 12.6. The van der Waals surface area contributed by atoms with Crippen molar-refractivity contribution in [3.05, 3.63) is 12.2 Å². The van der Waals surface area contributed by atoms with E-state index in [1.165, 1.54) is 89.9 Å². The fourth-order valence-electron chi connectivity index (χ4n) is 3.88. The van der Waals surface area contributed by atoms with Crippen molar-refractivity contribution >= 4 is 50.9 Å². The van der Waals surface area contributed by atoms with Crippen LogP contribution in [0, 0.1) is 0 Å². The Balaban J connectivity index is -0.00000131. The number of rotatable bonds is 21. The Morgan fingerprint density at radius 2 is 1.12 bits per heavy atom. The number of nitrogens with one attached hydrogen (secondary N) is 2. The molecule has 1 atom stereocenters. The van der Waals surface area contributed by atoms with Gasteiger partial charge in [-0.3, -0.25) is 0 Å². The van der Waals surface area contributed by atoms with E-state index in [1.807, 2.05) is 31.4 Å². The summed E-state index contributed by atoms with van der Waals surface area (Å²) < 4.78 is 0. The van der Waals surface area contributed by atoms with Gasteiger partial charge in [0.15, 0.2) is 0 Å². The highest BCUT2D eigenvalue weighted by Crippen LogP contribution is 2.21. The van der Waals surface area contributed by atoms with Crippen LogP contribution in [-0.2, 0) is 0 Å². The molecule has 8 heteroatoms. The second-order valence-electron chi connectivity index (χ2n) is 8.43. The molecule has 0 saturated carbocycles. The molecular formula is C24H56Br3N5. The van der Waals surface area contributed by atoms with Crippen molar-refractivity contribution in [3.8, 4) is 0 Å². The summed E-state index contributed by atoms with van der Waals surface area (Å²) in [4.78, 5) is 0. The summed E-state index contributed by atoms with van der Waals surface area (Å²) in [6.07, 6.45) is 25.4.